The minimum Gasteiger partial charge on any atom is -0.493 e. The quantitative estimate of drug-likeness (QED) is 0.382. The molecule has 2 aromatic rings. The number of esters is 1. The molecule has 12 nitrogen and oxygen atoms in total. The summed E-state index contributed by atoms with van der Waals surface area (Å²) >= 11 is 0. The summed E-state index contributed by atoms with van der Waals surface area (Å²) in [6.07, 6.45) is 0. The molecule has 0 N–H and O–H groups in total. The van der Waals surface area contributed by atoms with Gasteiger partial charge in [-0.05, 0) is 45.0 Å². The number of hydrogen-bond donors (Lipinski definition) is 0. The molecule has 2 amide bonds. The second-order valence-electron chi connectivity index (χ2n) is 10.5. The van der Waals surface area contributed by atoms with Crippen molar-refractivity contribution in [2.24, 2.45) is 5.41 Å². The maximum Gasteiger partial charge on any atom is 0.311 e. The summed E-state index contributed by atoms with van der Waals surface area (Å²) < 4.78 is 38.3. The third-order valence-corrected chi connectivity index (χ3v) is 6.92. The third-order valence-electron chi connectivity index (χ3n) is 6.92. The van der Waals surface area contributed by atoms with Gasteiger partial charge in [0.1, 0.15) is 6.61 Å². The van der Waals surface area contributed by atoms with E-state index in [2.05, 4.69) is 0 Å². The molecule has 2 aromatic carbocycles. The van der Waals surface area contributed by atoms with E-state index < -0.39 is 17.4 Å². The zero-order valence-electron chi connectivity index (χ0n) is 25.7. The smallest absolute Gasteiger partial charge is 0.311 e. The highest BCUT2D eigenvalue weighted by molar-refractivity contribution is 6.00. The Morgan fingerprint density at radius 1 is 0.690 bits per heavy atom. The number of benzene rings is 2. The van der Waals surface area contributed by atoms with Crippen LogP contribution in [0.15, 0.2) is 24.3 Å². The largest absolute Gasteiger partial charge is 0.493 e. The van der Waals surface area contributed by atoms with Crippen LogP contribution in [0.25, 0.3) is 0 Å². The molecular formula is C30H40N2O10. The number of hydrogen-bond acceptors (Lipinski definition) is 10. The van der Waals surface area contributed by atoms with Gasteiger partial charge in [-0.25, -0.2) is 0 Å². The average molecular weight is 589 g/mol. The number of ether oxygens (including phenoxy) is 7. The molecule has 0 aliphatic carbocycles. The van der Waals surface area contributed by atoms with E-state index in [1.807, 2.05) is 0 Å². The van der Waals surface area contributed by atoms with Gasteiger partial charge in [-0.1, -0.05) is 0 Å². The van der Waals surface area contributed by atoms with E-state index >= 15 is 0 Å². The normalized spacial score (nSPS) is 15.0. The van der Waals surface area contributed by atoms with E-state index in [4.69, 9.17) is 33.2 Å². The van der Waals surface area contributed by atoms with E-state index in [1.165, 1.54) is 42.7 Å². The highest BCUT2D eigenvalue weighted by Gasteiger charge is 2.38. The van der Waals surface area contributed by atoms with Crippen molar-refractivity contribution in [2.45, 2.75) is 26.8 Å². The lowest BCUT2D eigenvalue weighted by Crippen LogP contribution is -2.58. The second kappa shape index (κ2) is 13.5. The van der Waals surface area contributed by atoms with Crippen molar-refractivity contribution in [3.63, 3.8) is 0 Å². The van der Waals surface area contributed by atoms with E-state index in [0.717, 1.165) is 0 Å². The maximum absolute atomic E-state index is 14.0. The lowest BCUT2D eigenvalue weighted by molar-refractivity contribution is -0.155. The highest BCUT2D eigenvalue weighted by Crippen LogP contribution is 2.42. The minimum absolute atomic E-state index is 0.0924. The number of nitrogens with zero attached hydrogens (tertiary/aromatic N) is 2. The van der Waals surface area contributed by atoms with Crippen molar-refractivity contribution >= 4 is 17.8 Å². The van der Waals surface area contributed by atoms with E-state index in [-0.39, 0.29) is 72.2 Å². The van der Waals surface area contributed by atoms with Crippen molar-refractivity contribution in [3.05, 3.63) is 35.4 Å². The van der Waals surface area contributed by atoms with Gasteiger partial charge in [0, 0.05) is 19.6 Å². The molecule has 3 rings (SSSR count). The summed E-state index contributed by atoms with van der Waals surface area (Å²) in [6, 6.07) is 5.77. The fourth-order valence-electron chi connectivity index (χ4n) is 4.70. The second-order valence-corrected chi connectivity index (χ2v) is 10.5. The predicted octanol–water partition coefficient (Wildman–Crippen LogP) is 3.29. The first kappa shape index (κ1) is 32.2. The molecule has 0 aromatic heterocycles. The molecule has 1 heterocycles. The fraction of sp³-hybridized carbons (Fsp3) is 0.500. The van der Waals surface area contributed by atoms with Gasteiger partial charge < -0.3 is 43.0 Å². The van der Waals surface area contributed by atoms with E-state index in [0.29, 0.717) is 11.5 Å². The Morgan fingerprint density at radius 3 is 1.60 bits per heavy atom. The van der Waals surface area contributed by atoms with Crippen LogP contribution in [0.2, 0.25) is 0 Å². The third kappa shape index (κ3) is 6.42. The number of amides is 2. The van der Waals surface area contributed by atoms with Crippen LogP contribution in [-0.4, -0.2) is 103 Å². The van der Waals surface area contributed by atoms with Crippen molar-refractivity contribution < 1.29 is 47.5 Å². The molecule has 1 fully saturated rings. The van der Waals surface area contributed by atoms with Gasteiger partial charge in [0.15, 0.2) is 23.0 Å². The number of methoxy groups -OCH3 is 6. The molecule has 0 spiro atoms. The Balaban J connectivity index is 1.98. The molecule has 0 saturated carbocycles. The zero-order valence-corrected chi connectivity index (χ0v) is 25.7. The van der Waals surface area contributed by atoms with Crippen molar-refractivity contribution in [1.29, 1.82) is 0 Å². The average Bonchev–Trinajstić information content (AvgIpc) is 3.00. The molecule has 1 saturated heterocycles. The first-order valence-corrected chi connectivity index (χ1v) is 13.3. The molecule has 1 atom stereocenters. The molecule has 42 heavy (non-hydrogen) atoms. The van der Waals surface area contributed by atoms with E-state index in [9.17, 15) is 14.4 Å². The number of carbonyl (C=O) groups is 3. The number of rotatable bonds is 10. The van der Waals surface area contributed by atoms with Crippen LogP contribution in [0.5, 0.6) is 34.5 Å². The molecule has 1 unspecified atom stereocenters. The van der Waals surface area contributed by atoms with Crippen LogP contribution in [0.4, 0.5) is 0 Å². The van der Waals surface area contributed by atoms with Crippen LogP contribution >= 0.6 is 0 Å². The summed E-state index contributed by atoms with van der Waals surface area (Å²) in [5.41, 5.74) is -0.246. The first-order chi connectivity index (χ1) is 20.0. The lowest BCUT2D eigenvalue weighted by Gasteiger charge is -2.41. The summed E-state index contributed by atoms with van der Waals surface area (Å²) in [7, 11) is 8.77. The van der Waals surface area contributed by atoms with Gasteiger partial charge in [0.2, 0.25) is 11.5 Å². The van der Waals surface area contributed by atoms with E-state index in [1.54, 1.807) is 54.8 Å². The molecule has 12 heteroatoms. The highest BCUT2D eigenvalue weighted by atomic mass is 16.5. The Labute approximate surface area is 246 Å². The summed E-state index contributed by atoms with van der Waals surface area (Å²) in [5, 5.41) is 0. The Bertz CT molecular complexity index is 1300. The Morgan fingerprint density at radius 2 is 1.17 bits per heavy atom. The monoisotopic (exact) mass is 588 g/mol. The van der Waals surface area contributed by atoms with Crippen LogP contribution in [0.3, 0.4) is 0 Å². The minimum atomic E-state index is -0.751. The molecule has 0 bridgehead atoms. The zero-order chi connectivity index (χ0) is 31.2. The molecule has 0 radical (unpaired) electrons. The topological polar surface area (TPSA) is 122 Å². The molecule has 230 valence electrons. The van der Waals surface area contributed by atoms with Gasteiger partial charge in [-0.2, -0.15) is 0 Å². The van der Waals surface area contributed by atoms with Crippen molar-refractivity contribution in [1.82, 2.24) is 9.80 Å². The first-order valence-electron chi connectivity index (χ1n) is 13.3. The van der Waals surface area contributed by atoms with Crippen LogP contribution in [-0.2, 0) is 9.53 Å². The standard InChI is InChI=1S/C30H40N2O10/c1-30(2,3)29(35)42-17-18-16-31(27(33)19-10-12-21(36-4)25(40-8)23(19)38-6)14-15-32(18)28(34)20-11-13-22(37-5)26(41-9)24(20)39-7/h10-13,18H,14-17H2,1-9H3. The molecule has 1 aliphatic rings. The van der Waals surface area contributed by atoms with Gasteiger partial charge >= 0.3 is 5.97 Å². The van der Waals surface area contributed by atoms with Crippen LogP contribution in [0.1, 0.15) is 41.5 Å². The van der Waals surface area contributed by atoms with Gasteiger partial charge in [0.25, 0.3) is 11.8 Å². The van der Waals surface area contributed by atoms with Gasteiger partial charge in [-0.15, -0.1) is 0 Å². The van der Waals surface area contributed by atoms with Crippen molar-refractivity contribution in [3.8, 4) is 34.5 Å². The SMILES string of the molecule is COc1ccc(C(=O)N2CCN(C(=O)c3ccc(OC)c(OC)c3OC)C(COC(=O)C(C)(C)C)C2)c(OC)c1OC. The summed E-state index contributed by atoms with van der Waals surface area (Å²) in [6.45, 7) is 5.57. The van der Waals surface area contributed by atoms with Crippen LogP contribution in [0, 0.1) is 5.41 Å². The Hall–Kier alpha value is -4.35. The van der Waals surface area contributed by atoms with Gasteiger partial charge in [0.05, 0.1) is 65.2 Å². The number of carbonyl (C=O) groups excluding carboxylic acids is 3. The predicted molar refractivity (Wildman–Crippen MR) is 153 cm³/mol. The molecule has 1 aliphatic heterocycles. The summed E-state index contributed by atoms with van der Waals surface area (Å²) in [5.74, 6) is 0.677. The molecular weight excluding hydrogens is 548 g/mol. The van der Waals surface area contributed by atoms with Crippen LogP contribution < -0.4 is 28.4 Å². The summed E-state index contributed by atoms with van der Waals surface area (Å²) in [4.78, 5) is 43.6. The lowest BCUT2D eigenvalue weighted by atomic mass is 9.97. The fourth-order valence-corrected chi connectivity index (χ4v) is 4.70. The Kier molecular flexibility index (Phi) is 10.4. The number of piperazine rings is 1. The maximum atomic E-state index is 14.0. The van der Waals surface area contributed by atoms with Crippen molar-refractivity contribution in [2.75, 3.05) is 68.9 Å². The van der Waals surface area contributed by atoms with Gasteiger partial charge in [-0.3, -0.25) is 14.4 Å².